The van der Waals surface area contributed by atoms with Gasteiger partial charge in [0.25, 0.3) is 5.56 Å². The molecule has 1 heterocycles. The van der Waals surface area contributed by atoms with Crippen LogP contribution in [-0.4, -0.2) is 9.13 Å². The summed E-state index contributed by atoms with van der Waals surface area (Å²) in [5.74, 6) is -0.373. The maximum atomic E-state index is 14.3. The van der Waals surface area contributed by atoms with E-state index in [1.807, 2.05) is 30.3 Å². The summed E-state index contributed by atoms with van der Waals surface area (Å²) in [6.07, 6.45) is 0. The summed E-state index contributed by atoms with van der Waals surface area (Å²) in [5.41, 5.74) is 8.39. The van der Waals surface area contributed by atoms with Crippen molar-refractivity contribution in [1.29, 1.82) is 0 Å². The molecule has 6 heteroatoms. The van der Waals surface area contributed by atoms with Gasteiger partial charge in [0.15, 0.2) is 0 Å². The first-order valence-corrected chi connectivity index (χ1v) is 9.16. The van der Waals surface area contributed by atoms with Gasteiger partial charge in [-0.25, -0.2) is 9.18 Å². The molecule has 2 N–H and O–H groups in total. The van der Waals surface area contributed by atoms with E-state index >= 15 is 0 Å². The maximum Gasteiger partial charge on any atom is 0.331 e. The molecule has 0 aliphatic heterocycles. The van der Waals surface area contributed by atoms with Crippen molar-refractivity contribution in [3.8, 4) is 0 Å². The second-order valence-electron chi connectivity index (χ2n) is 7.05. The Labute approximate surface area is 162 Å². The van der Waals surface area contributed by atoms with E-state index in [1.165, 1.54) is 10.6 Å². The average molecular weight is 381 g/mol. The lowest BCUT2D eigenvalue weighted by atomic mass is 10.1. The van der Waals surface area contributed by atoms with E-state index in [4.69, 9.17) is 5.73 Å². The molecule has 0 aliphatic carbocycles. The molecule has 0 bridgehead atoms. The molecule has 5 nitrogen and oxygen atoms in total. The van der Waals surface area contributed by atoms with E-state index in [0.717, 1.165) is 15.7 Å². The van der Waals surface area contributed by atoms with E-state index in [9.17, 15) is 14.0 Å². The van der Waals surface area contributed by atoms with Gasteiger partial charge in [-0.05, 0) is 38.0 Å². The summed E-state index contributed by atoms with van der Waals surface area (Å²) in [4.78, 5) is 25.8. The summed E-state index contributed by atoms with van der Waals surface area (Å²) in [5, 5.41) is 0. The molecule has 0 aliphatic rings. The molecule has 0 fully saturated rings. The van der Waals surface area contributed by atoms with E-state index in [2.05, 4.69) is 0 Å². The number of halogens is 1. The van der Waals surface area contributed by atoms with Crippen molar-refractivity contribution in [2.45, 2.75) is 39.9 Å². The molecule has 1 atom stereocenters. The molecule has 0 radical (unpaired) electrons. The highest BCUT2D eigenvalue weighted by atomic mass is 19.1. The lowest BCUT2D eigenvalue weighted by Gasteiger charge is -2.19. The Hall–Kier alpha value is -2.99. The molecule has 0 saturated heterocycles. The molecule has 146 valence electrons. The summed E-state index contributed by atoms with van der Waals surface area (Å²) in [6.45, 7) is 5.29. The van der Waals surface area contributed by atoms with Crippen LogP contribution in [0.1, 0.15) is 34.0 Å². The van der Waals surface area contributed by atoms with Crippen molar-refractivity contribution in [3.05, 3.63) is 103 Å². The lowest BCUT2D eigenvalue weighted by Crippen LogP contribution is -2.44. The molecular weight excluding hydrogens is 357 g/mol. The Morgan fingerprint density at radius 3 is 2.29 bits per heavy atom. The number of nitrogens with zero attached hydrogens (tertiary/aromatic N) is 2. The Morgan fingerprint density at radius 1 is 0.964 bits per heavy atom. The molecule has 28 heavy (non-hydrogen) atoms. The van der Waals surface area contributed by atoms with Gasteiger partial charge in [-0.2, -0.15) is 0 Å². The molecular formula is C22H24FN3O2. The summed E-state index contributed by atoms with van der Waals surface area (Å²) in [7, 11) is 0. The summed E-state index contributed by atoms with van der Waals surface area (Å²) in [6, 6.07) is 13.6. The number of hydrogen-bond acceptors (Lipinski definition) is 3. The van der Waals surface area contributed by atoms with E-state index in [0.29, 0.717) is 16.8 Å². The third kappa shape index (κ3) is 3.68. The molecule has 0 spiro atoms. The SMILES string of the molecule is Cc1cccc(F)c1Cn1c(C)c(C)c(=O)n(C[C@H](N)c2ccccc2)c1=O. The van der Waals surface area contributed by atoms with Crippen molar-refractivity contribution in [1.82, 2.24) is 9.13 Å². The number of nitrogens with two attached hydrogens (primary N) is 1. The fraction of sp³-hybridized carbons (Fsp3) is 0.273. The Bertz CT molecular complexity index is 1100. The molecule has 1 aromatic heterocycles. The molecule has 0 amide bonds. The van der Waals surface area contributed by atoms with Gasteiger partial charge in [0.05, 0.1) is 13.1 Å². The smallest absolute Gasteiger partial charge is 0.322 e. The number of hydrogen-bond donors (Lipinski definition) is 1. The van der Waals surface area contributed by atoms with Gasteiger partial charge in [-0.3, -0.25) is 13.9 Å². The van der Waals surface area contributed by atoms with Crippen LogP contribution in [0.25, 0.3) is 0 Å². The quantitative estimate of drug-likeness (QED) is 0.739. The average Bonchev–Trinajstić information content (AvgIpc) is 2.69. The molecule has 3 rings (SSSR count). The topological polar surface area (TPSA) is 70.0 Å². The summed E-state index contributed by atoms with van der Waals surface area (Å²) < 4.78 is 16.9. The first kappa shape index (κ1) is 19.8. The van der Waals surface area contributed by atoms with Crippen LogP contribution in [0.2, 0.25) is 0 Å². The highest BCUT2D eigenvalue weighted by molar-refractivity contribution is 5.28. The van der Waals surface area contributed by atoms with Crippen LogP contribution in [0.4, 0.5) is 4.39 Å². The predicted octanol–water partition coefficient (Wildman–Crippen LogP) is 2.82. The van der Waals surface area contributed by atoms with Gasteiger partial charge >= 0.3 is 5.69 Å². The Morgan fingerprint density at radius 2 is 1.64 bits per heavy atom. The Balaban J connectivity index is 2.08. The zero-order chi connectivity index (χ0) is 20.4. The van der Waals surface area contributed by atoms with Crippen LogP contribution in [0.5, 0.6) is 0 Å². The van der Waals surface area contributed by atoms with Crippen LogP contribution in [0, 0.1) is 26.6 Å². The standard InChI is InChI=1S/C22H24FN3O2/c1-14-8-7-11-19(23)18(14)12-25-16(3)15(2)21(27)26(22(25)28)13-20(24)17-9-5-4-6-10-17/h4-11,20H,12-13,24H2,1-3H3/t20-/m0/s1. The van der Waals surface area contributed by atoms with Crippen molar-refractivity contribution < 1.29 is 4.39 Å². The monoisotopic (exact) mass is 381 g/mol. The van der Waals surface area contributed by atoms with Crippen LogP contribution >= 0.6 is 0 Å². The Kier molecular flexibility index (Phi) is 5.61. The minimum Gasteiger partial charge on any atom is -0.322 e. The number of benzene rings is 2. The highest BCUT2D eigenvalue weighted by Gasteiger charge is 2.18. The number of aryl methyl sites for hydroxylation is 1. The van der Waals surface area contributed by atoms with E-state index in [-0.39, 0.29) is 24.5 Å². The van der Waals surface area contributed by atoms with Gasteiger partial charge in [0, 0.05) is 22.9 Å². The van der Waals surface area contributed by atoms with Gasteiger partial charge in [-0.15, -0.1) is 0 Å². The second kappa shape index (κ2) is 7.94. The van der Waals surface area contributed by atoms with Gasteiger partial charge < -0.3 is 5.73 Å². The zero-order valence-corrected chi connectivity index (χ0v) is 16.3. The molecule has 0 unspecified atom stereocenters. The third-order valence-electron chi connectivity index (χ3n) is 5.25. The maximum absolute atomic E-state index is 14.3. The predicted molar refractivity (Wildman–Crippen MR) is 108 cm³/mol. The molecule has 2 aromatic carbocycles. The third-order valence-corrected chi connectivity index (χ3v) is 5.25. The van der Waals surface area contributed by atoms with Crippen molar-refractivity contribution in [3.63, 3.8) is 0 Å². The van der Waals surface area contributed by atoms with Gasteiger partial charge in [0.2, 0.25) is 0 Å². The summed E-state index contributed by atoms with van der Waals surface area (Å²) >= 11 is 0. The first-order valence-electron chi connectivity index (χ1n) is 9.16. The van der Waals surface area contributed by atoms with Gasteiger partial charge in [0.1, 0.15) is 5.82 Å². The molecule has 3 aromatic rings. The van der Waals surface area contributed by atoms with Gasteiger partial charge in [-0.1, -0.05) is 42.5 Å². The normalized spacial score (nSPS) is 12.2. The minimum atomic E-state index is -0.502. The van der Waals surface area contributed by atoms with E-state index in [1.54, 1.807) is 32.9 Å². The largest absolute Gasteiger partial charge is 0.331 e. The van der Waals surface area contributed by atoms with Crippen LogP contribution in [0.15, 0.2) is 58.1 Å². The fourth-order valence-electron chi connectivity index (χ4n) is 3.31. The second-order valence-corrected chi connectivity index (χ2v) is 7.05. The zero-order valence-electron chi connectivity index (χ0n) is 16.3. The van der Waals surface area contributed by atoms with Crippen molar-refractivity contribution in [2.24, 2.45) is 5.73 Å². The lowest BCUT2D eigenvalue weighted by molar-refractivity contribution is 0.498. The first-order chi connectivity index (χ1) is 13.3. The number of rotatable bonds is 5. The number of aromatic nitrogens is 2. The molecule has 0 saturated carbocycles. The van der Waals surface area contributed by atoms with Crippen molar-refractivity contribution >= 4 is 0 Å². The minimum absolute atomic E-state index is 0.0546. The van der Waals surface area contributed by atoms with Crippen LogP contribution in [-0.2, 0) is 13.1 Å². The highest BCUT2D eigenvalue weighted by Crippen LogP contribution is 2.15. The van der Waals surface area contributed by atoms with Crippen molar-refractivity contribution in [2.75, 3.05) is 0 Å². The van der Waals surface area contributed by atoms with Crippen LogP contribution < -0.4 is 17.0 Å². The van der Waals surface area contributed by atoms with E-state index < -0.39 is 11.7 Å². The fourth-order valence-corrected chi connectivity index (χ4v) is 3.31. The van der Waals surface area contributed by atoms with Crippen LogP contribution in [0.3, 0.4) is 0 Å².